The SMILES string of the molecule is CCCCCCC(Cc1ncnn1CC(C)C)NN. The Morgan fingerprint density at radius 3 is 2.74 bits per heavy atom. The van der Waals surface area contributed by atoms with E-state index in [0.29, 0.717) is 12.0 Å². The van der Waals surface area contributed by atoms with Gasteiger partial charge in [0, 0.05) is 19.0 Å². The summed E-state index contributed by atoms with van der Waals surface area (Å²) in [5.41, 5.74) is 2.92. The zero-order valence-corrected chi connectivity index (χ0v) is 12.6. The Balaban J connectivity index is 2.44. The van der Waals surface area contributed by atoms with Crippen molar-refractivity contribution in [3.8, 4) is 0 Å². The van der Waals surface area contributed by atoms with E-state index in [1.54, 1.807) is 6.33 Å². The number of nitrogens with two attached hydrogens (primary N) is 1. The smallest absolute Gasteiger partial charge is 0.138 e. The molecule has 0 bridgehead atoms. The van der Waals surface area contributed by atoms with E-state index < -0.39 is 0 Å². The fourth-order valence-electron chi connectivity index (χ4n) is 2.23. The molecule has 1 heterocycles. The number of nitrogens with one attached hydrogen (secondary N) is 1. The number of rotatable bonds is 10. The molecule has 1 unspecified atom stereocenters. The summed E-state index contributed by atoms with van der Waals surface area (Å²) in [6.07, 6.45) is 8.68. The molecule has 5 heteroatoms. The number of nitrogens with zero attached hydrogens (tertiary/aromatic N) is 3. The van der Waals surface area contributed by atoms with Gasteiger partial charge in [-0.25, -0.2) is 9.67 Å². The maximum Gasteiger partial charge on any atom is 0.138 e. The van der Waals surface area contributed by atoms with Gasteiger partial charge in [-0.15, -0.1) is 0 Å². The largest absolute Gasteiger partial charge is 0.271 e. The summed E-state index contributed by atoms with van der Waals surface area (Å²) >= 11 is 0. The van der Waals surface area contributed by atoms with Gasteiger partial charge in [-0.2, -0.15) is 5.10 Å². The summed E-state index contributed by atoms with van der Waals surface area (Å²) in [7, 11) is 0. The highest BCUT2D eigenvalue weighted by molar-refractivity contribution is 4.89. The minimum atomic E-state index is 0.298. The van der Waals surface area contributed by atoms with Gasteiger partial charge in [-0.3, -0.25) is 11.3 Å². The van der Waals surface area contributed by atoms with Crippen LogP contribution in [0.5, 0.6) is 0 Å². The molecule has 0 aromatic carbocycles. The summed E-state index contributed by atoms with van der Waals surface area (Å²) in [5.74, 6) is 7.26. The molecular weight excluding hydrogens is 238 g/mol. The monoisotopic (exact) mass is 267 g/mol. The highest BCUT2D eigenvalue weighted by Crippen LogP contribution is 2.10. The van der Waals surface area contributed by atoms with E-state index in [1.165, 1.54) is 25.7 Å². The first-order valence-corrected chi connectivity index (χ1v) is 7.50. The third-order valence-electron chi connectivity index (χ3n) is 3.30. The van der Waals surface area contributed by atoms with Crippen LogP contribution in [0.4, 0.5) is 0 Å². The molecule has 1 aromatic heterocycles. The van der Waals surface area contributed by atoms with E-state index in [0.717, 1.165) is 25.2 Å². The van der Waals surface area contributed by atoms with Crippen LogP contribution < -0.4 is 11.3 Å². The van der Waals surface area contributed by atoms with Crippen molar-refractivity contribution in [1.82, 2.24) is 20.2 Å². The topological polar surface area (TPSA) is 68.8 Å². The predicted octanol–water partition coefficient (Wildman–Crippen LogP) is 2.28. The van der Waals surface area contributed by atoms with Crippen molar-refractivity contribution >= 4 is 0 Å². The van der Waals surface area contributed by atoms with Crippen LogP contribution in [0.2, 0.25) is 0 Å². The Hall–Kier alpha value is -0.940. The van der Waals surface area contributed by atoms with Gasteiger partial charge in [0.05, 0.1) is 0 Å². The van der Waals surface area contributed by atoms with Crippen LogP contribution >= 0.6 is 0 Å². The lowest BCUT2D eigenvalue weighted by Crippen LogP contribution is -2.37. The standard InChI is InChI=1S/C14H29N5/c1-4-5-6-7-8-13(18-15)9-14-16-11-17-19(14)10-12(2)3/h11-13,18H,4-10,15H2,1-3H3. The Bertz CT molecular complexity index is 334. The Morgan fingerprint density at radius 2 is 2.11 bits per heavy atom. The number of hydrogen-bond acceptors (Lipinski definition) is 4. The number of hydrazine groups is 1. The summed E-state index contributed by atoms with van der Waals surface area (Å²) in [4.78, 5) is 4.36. The van der Waals surface area contributed by atoms with Gasteiger partial charge in [-0.05, 0) is 12.3 Å². The highest BCUT2D eigenvalue weighted by Gasteiger charge is 2.13. The van der Waals surface area contributed by atoms with E-state index in [-0.39, 0.29) is 0 Å². The quantitative estimate of drug-likeness (QED) is 0.388. The molecule has 1 aromatic rings. The van der Waals surface area contributed by atoms with Gasteiger partial charge >= 0.3 is 0 Å². The second-order valence-corrected chi connectivity index (χ2v) is 5.67. The van der Waals surface area contributed by atoms with Crippen molar-refractivity contribution in [2.75, 3.05) is 0 Å². The lowest BCUT2D eigenvalue weighted by molar-refractivity contribution is 0.422. The maximum absolute atomic E-state index is 5.65. The van der Waals surface area contributed by atoms with Crippen LogP contribution in [0.25, 0.3) is 0 Å². The number of aromatic nitrogens is 3. The summed E-state index contributed by atoms with van der Waals surface area (Å²) in [5, 5.41) is 4.29. The normalized spacial score (nSPS) is 13.1. The average molecular weight is 267 g/mol. The number of unbranched alkanes of at least 4 members (excludes halogenated alkanes) is 3. The Labute approximate surface area is 116 Å². The summed E-state index contributed by atoms with van der Waals surface area (Å²) < 4.78 is 2.00. The molecule has 0 saturated heterocycles. The predicted molar refractivity (Wildman–Crippen MR) is 78.4 cm³/mol. The minimum absolute atomic E-state index is 0.298. The molecule has 0 aliphatic rings. The van der Waals surface area contributed by atoms with Gasteiger partial charge in [0.15, 0.2) is 0 Å². The van der Waals surface area contributed by atoms with Crippen molar-refractivity contribution in [3.63, 3.8) is 0 Å². The first-order valence-electron chi connectivity index (χ1n) is 7.50. The molecule has 0 aliphatic heterocycles. The molecule has 5 nitrogen and oxygen atoms in total. The molecule has 0 spiro atoms. The average Bonchev–Trinajstić information content (AvgIpc) is 2.79. The first-order chi connectivity index (χ1) is 9.17. The van der Waals surface area contributed by atoms with Gasteiger partial charge in [0.2, 0.25) is 0 Å². The van der Waals surface area contributed by atoms with Gasteiger partial charge < -0.3 is 0 Å². The van der Waals surface area contributed by atoms with Crippen LogP contribution in [-0.2, 0) is 13.0 Å². The van der Waals surface area contributed by atoms with Crippen LogP contribution in [0.15, 0.2) is 6.33 Å². The van der Waals surface area contributed by atoms with Crippen LogP contribution in [0.1, 0.15) is 58.7 Å². The molecule has 0 amide bonds. The molecule has 110 valence electrons. The summed E-state index contributed by atoms with van der Waals surface area (Å²) in [6.45, 7) is 7.53. The molecule has 1 rings (SSSR count). The second-order valence-electron chi connectivity index (χ2n) is 5.67. The van der Waals surface area contributed by atoms with E-state index in [4.69, 9.17) is 5.84 Å². The molecule has 0 fully saturated rings. The third kappa shape index (κ3) is 6.16. The Kier molecular flexibility index (Phi) is 7.67. The second kappa shape index (κ2) is 9.04. The van der Waals surface area contributed by atoms with Crippen molar-refractivity contribution in [3.05, 3.63) is 12.2 Å². The van der Waals surface area contributed by atoms with Crippen LogP contribution in [-0.4, -0.2) is 20.8 Å². The Morgan fingerprint density at radius 1 is 1.32 bits per heavy atom. The fourth-order valence-corrected chi connectivity index (χ4v) is 2.23. The molecule has 0 radical (unpaired) electrons. The zero-order valence-electron chi connectivity index (χ0n) is 12.6. The van der Waals surface area contributed by atoms with E-state index >= 15 is 0 Å². The maximum atomic E-state index is 5.65. The third-order valence-corrected chi connectivity index (χ3v) is 3.30. The number of hydrogen-bond donors (Lipinski definition) is 2. The van der Waals surface area contributed by atoms with E-state index in [2.05, 4.69) is 36.3 Å². The van der Waals surface area contributed by atoms with Crippen molar-refractivity contribution in [1.29, 1.82) is 0 Å². The van der Waals surface area contributed by atoms with Crippen LogP contribution in [0, 0.1) is 5.92 Å². The van der Waals surface area contributed by atoms with Gasteiger partial charge in [-0.1, -0.05) is 46.5 Å². The summed E-state index contributed by atoms with van der Waals surface area (Å²) in [6, 6.07) is 0.298. The van der Waals surface area contributed by atoms with Gasteiger partial charge in [0.25, 0.3) is 0 Å². The zero-order chi connectivity index (χ0) is 14.1. The van der Waals surface area contributed by atoms with E-state index in [1.807, 2.05) is 4.68 Å². The molecule has 0 aliphatic carbocycles. The fraction of sp³-hybridized carbons (Fsp3) is 0.857. The van der Waals surface area contributed by atoms with E-state index in [9.17, 15) is 0 Å². The molecule has 1 atom stereocenters. The molecular formula is C14H29N5. The lowest BCUT2D eigenvalue weighted by Gasteiger charge is -2.16. The van der Waals surface area contributed by atoms with Crippen LogP contribution in [0.3, 0.4) is 0 Å². The molecule has 3 N–H and O–H groups in total. The van der Waals surface area contributed by atoms with Gasteiger partial charge in [0.1, 0.15) is 12.2 Å². The molecule has 0 saturated carbocycles. The highest BCUT2D eigenvalue weighted by atomic mass is 15.3. The van der Waals surface area contributed by atoms with Crippen molar-refractivity contribution in [2.24, 2.45) is 11.8 Å². The van der Waals surface area contributed by atoms with Crippen molar-refractivity contribution in [2.45, 2.75) is 71.9 Å². The molecule has 19 heavy (non-hydrogen) atoms. The van der Waals surface area contributed by atoms with Crippen molar-refractivity contribution < 1.29 is 0 Å². The first kappa shape index (κ1) is 16.1. The minimum Gasteiger partial charge on any atom is -0.271 e. The lowest BCUT2D eigenvalue weighted by atomic mass is 10.0.